The van der Waals surface area contributed by atoms with Crippen molar-refractivity contribution < 1.29 is 9.53 Å². The number of halogens is 1. The molecule has 0 atom stereocenters. The van der Waals surface area contributed by atoms with Gasteiger partial charge in [0.25, 0.3) is 0 Å². The lowest BCUT2D eigenvalue weighted by atomic mass is 10.3. The molecule has 0 amide bonds. The van der Waals surface area contributed by atoms with E-state index in [4.69, 9.17) is 16.3 Å². The Balaban J connectivity index is 2.03. The molecule has 1 heterocycles. The van der Waals surface area contributed by atoms with Crippen LogP contribution >= 0.6 is 23.4 Å². The molecule has 3 aromatic rings. The number of aromatic nitrogens is 2. The molecule has 0 unspecified atom stereocenters. The first-order chi connectivity index (χ1) is 12.6. The Morgan fingerprint density at radius 2 is 1.85 bits per heavy atom. The second-order valence-electron chi connectivity index (χ2n) is 5.75. The van der Waals surface area contributed by atoms with E-state index in [1.807, 2.05) is 68.4 Å². The maximum atomic E-state index is 12.2. The van der Waals surface area contributed by atoms with Gasteiger partial charge in [-0.05, 0) is 49.7 Å². The molecular formula is C20H19ClN2O2S. The summed E-state index contributed by atoms with van der Waals surface area (Å²) in [5.41, 5.74) is 1.64. The first-order valence-corrected chi connectivity index (χ1v) is 9.57. The zero-order chi connectivity index (χ0) is 18.5. The average molecular weight is 387 g/mol. The number of nitrogens with zero attached hydrogens (tertiary/aromatic N) is 2. The zero-order valence-corrected chi connectivity index (χ0v) is 16.2. The molecule has 0 aliphatic heterocycles. The highest BCUT2D eigenvalue weighted by Crippen LogP contribution is 2.39. The molecule has 6 heteroatoms. The highest BCUT2D eigenvalue weighted by molar-refractivity contribution is 7.99. The van der Waals surface area contributed by atoms with Gasteiger partial charge in [-0.1, -0.05) is 48.5 Å². The minimum absolute atomic E-state index is 0.262. The third-order valence-electron chi connectivity index (χ3n) is 3.66. The largest absolute Gasteiger partial charge is 0.406 e. The number of carbonyl (C=O) groups excluding carboxylic acids is 1. The fourth-order valence-corrected chi connectivity index (χ4v) is 3.46. The average Bonchev–Trinajstić information content (AvgIpc) is 2.94. The number of aryl methyl sites for hydroxylation is 1. The lowest BCUT2D eigenvalue weighted by molar-refractivity contribution is -0.134. The Morgan fingerprint density at radius 3 is 2.50 bits per heavy atom. The number of benzene rings is 2. The maximum absolute atomic E-state index is 12.2. The number of hydrogen-bond donors (Lipinski definition) is 0. The van der Waals surface area contributed by atoms with Crippen molar-refractivity contribution in [3.05, 3.63) is 65.3 Å². The molecule has 26 heavy (non-hydrogen) atoms. The molecule has 0 fully saturated rings. The molecule has 2 aromatic carbocycles. The Morgan fingerprint density at radius 1 is 1.15 bits per heavy atom. The summed E-state index contributed by atoms with van der Waals surface area (Å²) in [6, 6.07) is 17.2. The van der Waals surface area contributed by atoms with Crippen LogP contribution in [0.3, 0.4) is 0 Å². The van der Waals surface area contributed by atoms with Crippen molar-refractivity contribution in [3.8, 4) is 11.6 Å². The SMILES string of the molecule is CCCC(=O)Oc1c(Sc2ccc(Cl)cc2)c(C)nn1-c1ccccc1. The standard InChI is InChI=1S/C20H19ClN2O2S/c1-3-7-18(24)25-20-19(26-17-12-10-15(21)11-13-17)14(2)22-23(20)16-8-5-4-6-9-16/h4-6,8-13H,3,7H2,1-2H3. The molecule has 0 radical (unpaired) electrons. The summed E-state index contributed by atoms with van der Waals surface area (Å²) in [6.45, 7) is 3.86. The number of ether oxygens (including phenoxy) is 1. The molecule has 3 rings (SSSR count). The predicted octanol–water partition coefficient (Wildman–Crippen LogP) is 5.69. The fourth-order valence-electron chi connectivity index (χ4n) is 2.43. The molecule has 134 valence electrons. The Bertz CT molecular complexity index is 892. The lowest BCUT2D eigenvalue weighted by Gasteiger charge is -2.10. The van der Waals surface area contributed by atoms with E-state index in [0.717, 1.165) is 27.6 Å². The summed E-state index contributed by atoms with van der Waals surface area (Å²) in [5.74, 6) is 0.189. The molecule has 0 spiro atoms. The van der Waals surface area contributed by atoms with Crippen LogP contribution in [0, 0.1) is 6.92 Å². The Hall–Kier alpha value is -2.24. The number of hydrogen-bond acceptors (Lipinski definition) is 4. The van der Waals surface area contributed by atoms with Crippen molar-refractivity contribution >= 4 is 29.3 Å². The van der Waals surface area contributed by atoms with Gasteiger partial charge in [0.1, 0.15) is 0 Å². The minimum Gasteiger partial charge on any atom is -0.406 e. The van der Waals surface area contributed by atoms with Gasteiger partial charge in [0, 0.05) is 16.3 Å². The van der Waals surface area contributed by atoms with Gasteiger partial charge in [-0.25, -0.2) is 0 Å². The van der Waals surface area contributed by atoms with Gasteiger partial charge < -0.3 is 4.74 Å². The van der Waals surface area contributed by atoms with Crippen molar-refractivity contribution in [2.75, 3.05) is 0 Å². The summed E-state index contributed by atoms with van der Waals surface area (Å²) >= 11 is 7.48. The number of esters is 1. The van der Waals surface area contributed by atoms with Crippen LogP contribution < -0.4 is 4.74 Å². The van der Waals surface area contributed by atoms with Crippen LogP contribution in [-0.4, -0.2) is 15.7 Å². The summed E-state index contributed by atoms with van der Waals surface area (Å²) in [5, 5.41) is 5.28. The van der Waals surface area contributed by atoms with Crippen molar-refractivity contribution in [2.24, 2.45) is 0 Å². The summed E-state index contributed by atoms with van der Waals surface area (Å²) in [7, 11) is 0. The molecule has 0 N–H and O–H groups in total. The monoisotopic (exact) mass is 386 g/mol. The second kappa shape index (κ2) is 8.43. The minimum atomic E-state index is -0.262. The van der Waals surface area contributed by atoms with Crippen molar-refractivity contribution in [2.45, 2.75) is 36.5 Å². The topological polar surface area (TPSA) is 44.1 Å². The van der Waals surface area contributed by atoms with E-state index in [9.17, 15) is 4.79 Å². The lowest BCUT2D eigenvalue weighted by Crippen LogP contribution is -2.11. The van der Waals surface area contributed by atoms with E-state index < -0.39 is 0 Å². The van der Waals surface area contributed by atoms with Gasteiger partial charge in [0.15, 0.2) is 0 Å². The smallest absolute Gasteiger partial charge is 0.312 e. The molecular weight excluding hydrogens is 368 g/mol. The molecule has 0 saturated heterocycles. The molecule has 0 aliphatic rings. The van der Waals surface area contributed by atoms with E-state index in [2.05, 4.69) is 5.10 Å². The highest BCUT2D eigenvalue weighted by Gasteiger charge is 2.21. The fraction of sp³-hybridized carbons (Fsp3) is 0.200. The van der Waals surface area contributed by atoms with E-state index in [-0.39, 0.29) is 5.97 Å². The van der Waals surface area contributed by atoms with Crippen LogP contribution in [0.25, 0.3) is 5.69 Å². The van der Waals surface area contributed by atoms with Crippen molar-refractivity contribution in [3.63, 3.8) is 0 Å². The molecule has 0 aliphatic carbocycles. The normalized spacial score (nSPS) is 10.7. The molecule has 1 aromatic heterocycles. The Kier molecular flexibility index (Phi) is 6.01. The van der Waals surface area contributed by atoms with E-state index in [0.29, 0.717) is 17.3 Å². The number of para-hydroxylation sites is 1. The van der Waals surface area contributed by atoms with Crippen LogP contribution in [0.1, 0.15) is 25.5 Å². The van der Waals surface area contributed by atoms with Crippen molar-refractivity contribution in [1.82, 2.24) is 9.78 Å². The van der Waals surface area contributed by atoms with Crippen LogP contribution in [0.15, 0.2) is 64.4 Å². The summed E-state index contributed by atoms with van der Waals surface area (Å²) in [6.07, 6.45) is 1.10. The van der Waals surface area contributed by atoms with Crippen LogP contribution in [0.2, 0.25) is 5.02 Å². The van der Waals surface area contributed by atoms with Gasteiger partial charge >= 0.3 is 5.97 Å². The quantitative estimate of drug-likeness (QED) is 0.510. The van der Waals surface area contributed by atoms with Gasteiger partial charge in [-0.2, -0.15) is 9.78 Å². The van der Waals surface area contributed by atoms with E-state index in [1.165, 1.54) is 11.8 Å². The summed E-state index contributed by atoms with van der Waals surface area (Å²) in [4.78, 5) is 14.0. The van der Waals surface area contributed by atoms with Crippen LogP contribution in [-0.2, 0) is 4.79 Å². The number of carbonyl (C=O) groups is 1. The van der Waals surface area contributed by atoms with Crippen LogP contribution in [0.4, 0.5) is 0 Å². The first-order valence-electron chi connectivity index (χ1n) is 8.37. The third kappa shape index (κ3) is 4.29. The van der Waals surface area contributed by atoms with Crippen LogP contribution in [0.5, 0.6) is 5.88 Å². The maximum Gasteiger partial charge on any atom is 0.312 e. The van der Waals surface area contributed by atoms with Gasteiger partial charge in [0.2, 0.25) is 5.88 Å². The van der Waals surface area contributed by atoms with Gasteiger partial charge in [-0.3, -0.25) is 4.79 Å². The van der Waals surface area contributed by atoms with E-state index in [1.54, 1.807) is 4.68 Å². The third-order valence-corrected chi connectivity index (χ3v) is 5.10. The molecule has 0 saturated carbocycles. The predicted molar refractivity (Wildman–Crippen MR) is 104 cm³/mol. The second-order valence-corrected chi connectivity index (χ2v) is 7.27. The molecule has 0 bridgehead atoms. The van der Waals surface area contributed by atoms with E-state index >= 15 is 0 Å². The summed E-state index contributed by atoms with van der Waals surface area (Å²) < 4.78 is 7.38. The van der Waals surface area contributed by atoms with Gasteiger partial charge in [-0.15, -0.1) is 0 Å². The van der Waals surface area contributed by atoms with Crippen molar-refractivity contribution in [1.29, 1.82) is 0 Å². The highest BCUT2D eigenvalue weighted by atomic mass is 35.5. The molecule has 4 nitrogen and oxygen atoms in total. The Labute approximate surface area is 162 Å². The number of rotatable bonds is 6. The zero-order valence-electron chi connectivity index (χ0n) is 14.6. The van der Waals surface area contributed by atoms with Gasteiger partial charge in [0.05, 0.1) is 16.3 Å². The first kappa shape index (κ1) is 18.5.